The zero-order valence-electron chi connectivity index (χ0n) is 15.1. The smallest absolute Gasteiger partial charge is 0.339 e. The van der Waals surface area contributed by atoms with Crippen LogP contribution in [0.3, 0.4) is 0 Å². The number of benzene rings is 1. The molecule has 0 fully saturated rings. The fourth-order valence-electron chi connectivity index (χ4n) is 2.67. The summed E-state index contributed by atoms with van der Waals surface area (Å²) in [6.07, 6.45) is 7.83. The van der Waals surface area contributed by atoms with Gasteiger partial charge in [0.2, 0.25) is 0 Å². The molecule has 134 valence electrons. The van der Waals surface area contributed by atoms with E-state index in [4.69, 9.17) is 9.84 Å². The highest BCUT2D eigenvalue weighted by atomic mass is 16.5. The number of rotatable bonds is 11. The van der Waals surface area contributed by atoms with Crippen molar-refractivity contribution in [2.75, 3.05) is 0 Å². The standard InChI is InChI=1S/C20H30O4/c1-15(2)11-7-5-4-6-8-12-16(3)24-20(23)18-14-10-9-13-17(18)19(21)22/h9-10,13-16H,4-8,11-12H2,1-3H3,(H,21,22). The molecule has 0 bridgehead atoms. The summed E-state index contributed by atoms with van der Waals surface area (Å²) >= 11 is 0. The lowest BCUT2D eigenvalue weighted by Crippen LogP contribution is -2.17. The zero-order chi connectivity index (χ0) is 17.9. The minimum Gasteiger partial charge on any atom is -0.478 e. The predicted molar refractivity (Wildman–Crippen MR) is 95.4 cm³/mol. The van der Waals surface area contributed by atoms with E-state index in [1.54, 1.807) is 12.1 Å². The Labute approximate surface area is 145 Å². The predicted octanol–water partition coefficient (Wildman–Crippen LogP) is 5.32. The van der Waals surface area contributed by atoms with E-state index in [-0.39, 0.29) is 17.2 Å². The number of aromatic carboxylic acids is 1. The van der Waals surface area contributed by atoms with Crippen molar-refractivity contribution in [1.29, 1.82) is 0 Å². The molecule has 1 unspecified atom stereocenters. The van der Waals surface area contributed by atoms with Gasteiger partial charge in [-0.1, -0.05) is 58.1 Å². The fourth-order valence-corrected chi connectivity index (χ4v) is 2.67. The van der Waals surface area contributed by atoms with Crippen molar-refractivity contribution in [1.82, 2.24) is 0 Å². The molecule has 1 aromatic carbocycles. The third-order valence-corrected chi connectivity index (χ3v) is 4.08. The Morgan fingerprint density at radius 3 is 2.04 bits per heavy atom. The average Bonchev–Trinajstić information content (AvgIpc) is 2.53. The van der Waals surface area contributed by atoms with Crippen molar-refractivity contribution in [3.8, 4) is 0 Å². The quantitative estimate of drug-likeness (QED) is 0.439. The van der Waals surface area contributed by atoms with Crippen molar-refractivity contribution >= 4 is 11.9 Å². The summed E-state index contributed by atoms with van der Waals surface area (Å²) in [6, 6.07) is 6.15. The second-order valence-corrected chi connectivity index (χ2v) is 6.81. The van der Waals surface area contributed by atoms with Crippen LogP contribution in [0.4, 0.5) is 0 Å². The monoisotopic (exact) mass is 334 g/mol. The Morgan fingerprint density at radius 2 is 1.46 bits per heavy atom. The van der Waals surface area contributed by atoms with Crippen molar-refractivity contribution in [2.45, 2.75) is 71.8 Å². The summed E-state index contributed by atoms with van der Waals surface area (Å²) in [5, 5.41) is 9.12. The first-order valence-electron chi connectivity index (χ1n) is 8.95. The number of carbonyl (C=O) groups excluding carboxylic acids is 1. The molecule has 1 N–H and O–H groups in total. The van der Waals surface area contributed by atoms with Gasteiger partial charge < -0.3 is 9.84 Å². The highest BCUT2D eigenvalue weighted by molar-refractivity contribution is 6.02. The van der Waals surface area contributed by atoms with Crippen LogP contribution in [0.1, 0.15) is 86.4 Å². The van der Waals surface area contributed by atoms with Crippen LogP contribution in [-0.2, 0) is 4.74 Å². The van der Waals surface area contributed by atoms with Gasteiger partial charge in [-0.3, -0.25) is 0 Å². The Hall–Kier alpha value is -1.84. The molecular formula is C20H30O4. The number of unbranched alkanes of at least 4 members (excludes halogenated alkanes) is 4. The number of carboxylic acid groups (broad SMARTS) is 1. The minimum atomic E-state index is -1.11. The third-order valence-electron chi connectivity index (χ3n) is 4.08. The molecule has 0 saturated carbocycles. The third kappa shape index (κ3) is 7.62. The van der Waals surface area contributed by atoms with Gasteiger partial charge in [0.1, 0.15) is 0 Å². The van der Waals surface area contributed by atoms with Gasteiger partial charge in [0.25, 0.3) is 0 Å². The molecule has 0 aliphatic heterocycles. The molecule has 1 aromatic rings. The Morgan fingerprint density at radius 1 is 0.917 bits per heavy atom. The van der Waals surface area contributed by atoms with Crippen molar-refractivity contribution < 1.29 is 19.4 Å². The van der Waals surface area contributed by atoms with E-state index in [1.807, 2.05) is 6.92 Å². The van der Waals surface area contributed by atoms with Crippen molar-refractivity contribution in [3.05, 3.63) is 35.4 Å². The molecule has 1 rings (SSSR count). The minimum absolute atomic E-state index is 0.0140. The molecule has 0 aliphatic carbocycles. The van der Waals surface area contributed by atoms with Gasteiger partial charge in [-0.15, -0.1) is 0 Å². The Bertz CT molecular complexity index is 522. The normalized spacial score (nSPS) is 12.2. The van der Waals surface area contributed by atoms with Crippen LogP contribution in [-0.4, -0.2) is 23.1 Å². The topological polar surface area (TPSA) is 63.6 Å². The van der Waals surface area contributed by atoms with Crippen LogP contribution < -0.4 is 0 Å². The molecule has 0 heterocycles. The average molecular weight is 334 g/mol. The van der Waals surface area contributed by atoms with Crippen molar-refractivity contribution in [3.63, 3.8) is 0 Å². The van der Waals surface area contributed by atoms with E-state index in [2.05, 4.69) is 13.8 Å². The molecule has 0 amide bonds. The molecule has 4 heteroatoms. The summed E-state index contributed by atoms with van der Waals surface area (Å²) < 4.78 is 5.38. The molecular weight excluding hydrogens is 304 g/mol. The van der Waals surface area contributed by atoms with Crippen LogP contribution in [0, 0.1) is 5.92 Å². The summed E-state index contributed by atoms with van der Waals surface area (Å²) in [6.45, 7) is 6.36. The highest BCUT2D eigenvalue weighted by Gasteiger charge is 2.18. The Balaban J connectivity index is 2.29. The fraction of sp³-hybridized carbons (Fsp3) is 0.600. The lowest BCUT2D eigenvalue weighted by atomic mass is 10.0. The number of hydrogen-bond donors (Lipinski definition) is 1. The summed E-state index contributed by atoms with van der Waals surface area (Å²) in [5.74, 6) is -0.896. The zero-order valence-corrected chi connectivity index (χ0v) is 15.1. The summed E-state index contributed by atoms with van der Waals surface area (Å²) in [7, 11) is 0. The molecule has 0 saturated heterocycles. The van der Waals surface area contributed by atoms with E-state index >= 15 is 0 Å². The number of ether oxygens (including phenoxy) is 1. The van der Waals surface area contributed by atoms with E-state index < -0.39 is 11.9 Å². The Kier molecular flexibility index (Phi) is 9.13. The second kappa shape index (κ2) is 10.8. The molecule has 4 nitrogen and oxygen atoms in total. The first-order valence-corrected chi connectivity index (χ1v) is 8.95. The number of carboxylic acids is 1. The van der Waals surface area contributed by atoms with E-state index in [9.17, 15) is 9.59 Å². The molecule has 0 radical (unpaired) electrons. The maximum absolute atomic E-state index is 12.1. The van der Waals surface area contributed by atoms with Gasteiger partial charge in [0.15, 0.2) is 0 Å². The maximum Gasteiger partial charge on any atom is 0.339 e. The molecule has 0 aromatic heterocycles. The van der Waals surface area contributed by atoms with Gasteiger partial charge in [-0.2, -0.15) is 0 Å². The number of carbonyl (C=O) groups is 2. The molecule has 24 heavy (non-hydrogen) atoms. The lowest BCUT2D eigenvalue weighted by molar-refractivity contribution is 0.0313. The molecule has 0 aliphatic rings. The van der Waals surface area contributed by atoms with Gasteiger partial charge in [-0.05, 0) is 37.8 Å². The van der Waals surface area contributed by atoms with Crippen LogP contribution in [0.2, 0.25) is 0 Å². The van der Waals surface area contributed by atoms with Crippen molar-refractivity contribution in [2.24, 2.45) is 5.92 Å². The molecule has 0 spiro atoms. The summed E-state index contributed by atoms with van der Waals surface area (Å²) in [5.41, 5.74) is 0.102. The van der Waals surface area contributed by atoms with Gasteiger partial charge in [0.05, 0.1) is 17.2 Å². The lowest BCUT2D eigenvalue weighted by Gasteiger charge is -2.14. The van der Waals surface area contributed by atoms with E-state index in [0.29, 0.717) is 0 Å². The second-order valence-electron chi connectivity index (χ2n) is 6.81. The van der Waals surface area contributed by atoms with Gasteiger partial charge in [-0.25, -0.2) is 9.59 Å². The summed E-state index contributed by atoms with van der Waals surface area (Å²) in [4.78, 5) is 23.3. The maximum atomic E-state index is 12.1. The highest BCUT2D eigenvalue weighted by Crippen LogP contribution is 2.15. The largest absolute Gasteiger partial charge is 0.478 e. The van der Waals surface area contributed by atoms with Gasteiger partial charge in [0, 0.05) is 0 Å². The van der Waals surface area contributed by atoms with E-state index in [0.717, 1.165) is 25.2 Å². The molecule has 1 atom stereocenters. The van der Waals surface area contributed by atoms with Crippen LogP contribution >= 0.6 is 0 Å². The first-order chi connectivity index (χ1) is 11.4. The van der Waals surface area contributed by atoms with Crippen LogP contribution in [0.25, 0.3) is 0 Å². The van der Waals surface area contributed by atoms with Crippen LogP contribution in [0.5, 0.6) is 0 Å². The van der Waals surface area contributed by atoms with Gasteiger partial charge >= 0.3 is 11.9 Å². The SMILES string of the molecule is CC(C)CCCCCCCC(C)OC(=O)c1ccccc1C(=O)O. The first kappa shape index (κ1) is 20.2. The number of esters is 1. The number of hydrogen-bond acceptors (Lipinski definition) is 3. The van der Waals surface area contributed by atoms with E-state index in [1.165, 1.54) is 37.8 Å². The van der Waals surface area contributed by atoms with Crippen LogP contribution in [0.15, 0.2) is 24.3 Å².